The highest BCUT2D eigenvalue weighted by molar-refractivity contribution is 5.19. The van der Waals surface area contributed by atoms with Gasteiger partial charge in [-0.1, -0.05) is 0 Å². The topological polar surface area (TPSA) is 55.2 Å². The highest BCUT2D eigenvalue weighted by Gasteiger charge is 2.19. The number of aromatic nitrogens is 2. The highest BCUT2D eigenvalue weighted by atomic mass is 16.5. The summed E-state index contributed by atoms with van der Waals surface area (Å²) in [5, 5.41) is 9.50. The van der Waals surface area contributed by atoms with E-state index in [4.69, 9.17) is 4.74 Å². The van der Waals surface area contributed by atoms with E-state index in [1.807, 2.05) is 6.92 Å². The minimum Gasteiger partial charge on any atom is -0.389 e. The van der Waals surface area contributed by atoms with Crippen LogP contribution < -0.4 is 0 Å². The van der Waals surface area contributed by atoms with Gasteiger partial charge in [0.2, 0.25) is 0 Å². The first-order valence-corrected chi connectivity index (χ1v) is 5.77. The van der Waals surface area contributed by atoms with E-state index in [0.717, 1.165) is 36.5 Å². The average molecular weight is 222 g/mol. The van der Waals surface area contributed by atoms with Crippen LogP contribution >= 0.6 is 0 Å². The summed E-state index contributed by atoms with van der Waals surface area (Å²) in [4.78, 5) is 8.80. The molecule has 2 atom stereocenters. The van der Waals surface area contributed by atoms with Gasteiger partial charge in [0.25, 0.3) is 0 Å². The summed E-state index contributed by atoms with van der Waals surface area (Å²) in [6.45, 7) is 5.21. The maximum atomic E-state index is 9.50. The molecule has 1 aromatic heterocycles. The standard InChI is InChI=1S/C12H18N2O2/c1-8-11(9(2)15)6-13-12(14-8)10-4-3-5-16-7-10/h6,9-10,15H,3-5,7H2,1-2H3/t9-,10?/m1/s1. The second-order valence-electron chi connectivity index (χ2n) is 4.36. The number of hydrogen-bond donors (Lipinski definition) is 1. The van der Waals surface area contributed by atoms with Crippen LogP contribution in [0.2, 0.25) is 0 Å². The van der Waals surface area contributed by atoms with Crippen molar-refractivity contribution in [2.45, 2.75) is 38.7 Å². The number of aliphatic hydroxyl groups excluding tert-OH is 1. The Morgan fingerprint density at radius 3 is 2.94 bits per heavy atom. The number of hydrogen-bond acceptors (Lipinski definition) is 4. The molecule has 1 saturated heterocycles. The largest absolute Gasteiger partial charge is 0.389 e. The Labute approximate surface area is 95.7 Å². The molecule has 0 aromatic carbocycles. The van der Waals surface area contributed by atoms with Crippen LogP contribution in [0.25, 0.3) is 0 Å². The lowest BCUT2D eigenvalue weighted by Crippen LogP contribution is -2.18. The summed E-state index contributed by atoms with van der Waals surface area (Å²) < 4.78 is 5.42. The number of aryl methyl sites for hydroxylation is 1. The van der Waals surface area contributed by atoms with Crippen LogP contribution in [0.15, 0.2) is 6.20 Å². The first-order valence-electron chi connectivity index (χ1n) is 5.77. The molecule has 0 radical (unpaired) electrons. The first-order chi connectivity index (χ1) is 7.68. The number of rotatable bonds is 2. The van der Waals surface area contributed by atoms with Crippen molar-refractivity contribution in [3.63, 3.8) is 0 Å². The van der Waals surface area contributed by atoms with Crippen molar-refractivity contribution < 1.29 is 9.84 Å². The van der Waals surface area contributed by atoms with Crippen molar-refractivity contribution in [2.24, 2.45) is 0 Å². The quantitative estimate of drug-likeness (QED) is 0.828. The maximum Gasteiger partial charge on any atom is 0.133 e. The highest BCUT2D eigenvalue weighted by Crippen LogP contribution is 2.24. The first kappa shape index (κ1) is 11.5. The Hall–Kier alpha value is -1.00. The Kier molecular flexibility index (Phi) is 3.51. The van der Waals surface area contributed by atoms with Crippen LogP contribution in [0.4, 0.5) is 0 Å². The van der Waals surface area contributed by atoms with Crippen LogP contribution in [0.5, 0.6) is 0 Å². The molecular formula is C12H18N2O2. The molecule has 16 heavy (non-hydrogen) atoms. The van der Waals surface area contributed by atoms with Gasteiger partial charge in [-0.05, 0) is 26.7 Å². The van der Waals surface area contributed by atoms with Gasteiger partial charge in [-0.2, -0.15) is 0 Å². The molecule has 1 aliphatic rings. The number of nitrogens with zero attached hydrogens (tertiary/aromatic N) is 2. The lowest BCUT2D eigenvalue weighted by atomic mass is 10.0. The summed E-state index contributed by atoms with van der Waals surface area (Å²) >= 11 is 0. The lowest BCUT2D eigenvalue weighted by Gasteiger charge is -2.21. The fraction of sp³-hybridized carbons (Fsp3) is 0.667. The third kappa shape index (κ3) is 2.39. The summed E-state index contributed by atoms with van der Waals surface area (Å²) in [6, 6.07) is 0. The summed E-state index contributed by atoms with van der Waals surface area (Å²) in [5.74, 6) is 1.16. The van der Waals surface area contributed by atoms with Crippen LogP contribution in [0.3, 0.4) is 0 Å². The fourth-order valence-corrected chi connectivity index (χ4v) is 2.05. The predicted octanol–water partition coefficient (Wildman–Crippen LogP) is 1.73. The second-order valence-corrected chi connectivity index (χ2v) is 4.36. The molecule has 0 bridgehead atoms. The van der Waals surface area contributed by atoms with Gasteiger partial charge in [0, 0.05) is 30.0 Å². The molecule has 2 rings (SSSR count). The minimum absolute atomic E-state index is 0.315. The van der Waals surface area contributed by atoms with Crippen LogP contribution in [-0.4, -0.2) is 28.3 Å². The molecule has 0 amide bonds. The average Bonchev–Trinajstić information content (AvgIpc) is 2.29. The van der Waals surface area contributed by atoms with Gasteiger partial charge in [-0.3, -0.25) is 0 Å². The van der Waals surface area contributed by atoms with E-state index < -0.39 is 6.10 Å². The zero-order chi connectivity index (χ0) is 11.5. The molecule has 1 unspecified atom stereocenters. The lowest BCUT2D eigenvalue weighted by molar-refractivity contribution is 0.0779. The van der Waals surface area contributed by atoms with Gasteiger partial charge in [-0.15, -0.1) is 0 Å². The van der Waals surface area contributed by atoms with Crippen molar-refractivity contribution in [2.75, 3.05) is 13.2 Å². The molecule has 0 spiro atoms. The molecule has 1 fully saturated rings. The van der Waals surface area contributed by atoms with E-state index in [0.29, 0.717) is 12.5 Å². The summed E-state index contributed by atoms with van der Waals surface area (Å²) in [7, 11) is 0. The Balaban J connectivity index is 2.19. The van der Waals surface area contributed by atoms with E-state index in [9.17, 15) is 5.11 Å². The fourth-order valence-electron chi connectivity index (χ4n) is 2.05. The smallest absolute Gasteiger partial charge is 0.133 e. The van der Waals surface area contributed by atoms with Gasteiger partial charge in [0.1, 0.15) is 5.82 Å². The Bertz CT molecular complexity index is 360. The van der Waals surface area contributed by atoms with E-state index in [1.165, 1.54) is 0 Å². The molecule has 0 saturated carbocycles. The van der Waals surface area contributed by atoms with Gasteiger partial charge in [-0.25, -0.2) is 9.97 Å². The number of aliphatic hydroxyl groups is 1. The Morgan fingerprint density at radius 1 is 1.56 bits per heavy atom. The SMILES string of the molecule is Cc1nc(C2CCCOC2)ncc1[C@@H](C)O. The molecular weight excluding hydrogens is 204 g/mol. The van der Waals surface area contributed by atoms with Gasteiger partial charge in [0.15, 0.2) is 0 Å². The maximum absolute atomic E-state index is 9.50. The van der Waals surface area contributed by atoms with Crippen LogP contribution in [-0.2, 0) is 4.74 Å². The van der Waals surface area contributed by atoms with E-state index in [1.54, 1.807) is 13.1 Å². The van der Waals surface area contributed by atoms with Crippen LogP contribution in [0.1, 0.15) is 48.9 Å². The zero-order valence-electron chi connectivity index (χ0n) is 9.81. The molecule has 0 aliphatic carbocycles. The third-order valence-corrected chi connectivity index (χ3v) is 3.01. The van der Waals surface area contributed by atoms with Gasteiger partial charge < -0.3 is 9.84 Å². The molecule has 4 nitrogen and oxygen atoms in total. The zero-order valence-corrected chi connectivity index (χ0v) is 9.81. The predicted molar refractivity (Wildman–Crippen MR) is 60.2 cm³/mol. The molecule has 88 valence electrons. The summed E-state index contributed by atoms with van der Waals surface area (Å²) in [5.41, 5.74) is 1.67. The van der Waals surface area contributed by atoms with E-state index in [-0.39, 0.29) is 0 Å². The molecule has 1 aromatic rings. The van der Waals surface area contributed by atoms with Crippen molar-refractivity contribution in [1.29, 1.82) is 0 Å². The molecule has 1 N–H and O–H groups in total. The third-order valence-electron chi connectivity index (χ3n) is 3.01. The molecule has 4 heteroatoms. The van der Waals surface area contributed by atoms with E-state index in [2.05, 4.69) is 9.97 Å². The second kappa shape index (κ2) is 4.89. The monoisotopic (exact) mass is 222 g/mol. The van der Waals surface area contributed by atoms with E-state index >= 15 is 0 Å². The van der Waals surface area contributed by atoms with Crippen LogP contribution in [0, 0.1) is 6.92 Å². The molecule has 1 aliphatic heterocycles. The van der Waals surface area contributed by atoms with Crippen molar-refractivity contribution in [1.82, 2.24) is 9.97 Å². The minimum atomic E-state index is -0.503. The van der Waals surface area contributed by atoms with Gasteiger partial charge >= 0.3 is 0 Å². The number of ether oxygens (including phenoxy) is 1. The molecule has 2 heterocycles. The normalized spacial score (nSPS) is 23.1. The van der Waals surface area contributed by atoms with Crippen molar-refractivity contribution in [3.8, 4) is 0 Å². The van der Waals surface area contributed by atoms with Crippen molar-refractivity contribution in [3.05, 3.63) is 23.3 Å². The summed E-state index contributed by atoms with van der Waals surface area (Å²) in [6.07, 6.45) is 3.40. The van der Waals surface area contributed by atoms with Crippen molar-refractivity contribution >= 4 is 0 Å². The van der Waals surface area contributed by atoms with Gasteiger partial charge in [0.05, 0.1) is 12.7 Å². The Morgan fingerprint density at radius 2 is 2.38 bits per heavy atom.